The first-order valence-corrected chi connectivity index (χ1v) is 6.73. The lowest BCUT2D eigenvalue weighted by Gasteiger charge is -2.24. The molecular formula is C16H22N2O. The molecular weight excluding hydrogens is 236 g/mol. The van der Waals surface area contributed by atoms with E-state index in [-0.39, 0.29) is 0 Å². The van der Waals surface area contributed by atoms with Gasteiger partial charge in [-0.05, 0) is 31.9 Å². The largest absolute Gasteiger partial charge is 0.385 e. The van der Waals surface area contributed by atoms with Crippen molar-refractivity contribution in [1.82, 2.24) is 9.78 Å². The molecule has 19 heavy (non-hydrogen) atoms. The second-order valence-corrected chi connectivity index (χ2v) is 5.42. The second kappa shape index (κ2) is 5.17. The van der Waals surface area contributed by atoms with Crippen molar-refractivity contribution in [3.05, 3.63) is 52.8 Å². The predicted octanol–water partition coefficient (Wildman–Crippen LogP) is 2.74. The average molecular weight is 258 g/mol. The number of aromatic nitrogens is 2. The summed E-state index contributed by atoms with van der Waals surface area (Å²) in [4.78, 5) is 0. The smallest absolute Gasteiger partial charge is 0.0923 e. The van der Waals surface area contributed by atoms with Crippen molar-refractivity contribution < 1.29 is 5.11 Å². The van der Waals surface area contributed by atoms with Crippen molar-refractivity contribution >= 4 is 0 Å². The van der Waals surface area contributed by atoms with Crippen molar-refractivity contribution in [2.75, 3.05) is 0 Å². The van der Waals surface area contributed by atoms with Crippen LogP contribution in [0, 0.1) is 6.92 Å². The van der Waals surface area contributed by atoms with E-state index in [1.165, 1.54) is 5.56 Å². The lowest BCUT2D eigenvalue weighted by atomic mass is 9.90. The number of nitrogens with zero attached hydrogens (tertiary/aromatic N) is 2. The first kappa shape index (κ1) is 13.8. The lowest BCUT2D eigenvalue weighted by Crippen LogP contribution is -2.25. The summed E-state index contributed by atoms with van der Waals surface area (Å²) in [5.41, 5.74) is 3.40. The predicted molar refractivity (Wildman–Crippen MR) is 77.0 cm³/mol. The first-order chi connectivity index (χ1) is 8.92. The molecule has 0 aliphatic rings. The van der Waals surface area contributed by atoms with Crippen LogP contribution in [0.4, 0.5) is 0 Å². The third-order valence-electron chi connectivity index (χ3n) is 3.59. The Hall–Kier alpha value is -1.61. The van der Waals surface area contributed by atoms with E-state index in [2.05, 4.69) is 18.1 Å². The summed E-state index contributed by atoms with van der Waals surface area (Å²) in [6.07, 6.45) is 1.49. The minimum atomic E-state index is -0.869. The van der Waals surface area contributed by atoms with Gasteiger partial charge in [0.1, 0.15) is 0 Å². The summed E-state index contributed by atoms with van der Waals surface area (Å²) in [5, 5.41) is 15.1. The van der Waals surface area contributed by atoms with Gasteiger partial charge in [-0.2, -0.15) is 5.10 Å². The molecule has 0 saturated heterocycles. The quantitative estimate of drug-likeness (QED) is 0.915. The summed E-state index contributed by atoms with van der Waals surface area (Å²) in [5.74, 6) is 0. The van der Waals surface area contributed by atoms with Crippen LogP contribution in [-0.2, 0) is 25.5 Å². The van der Waals surface area contributed by atoms with Gasteiger partial charge in [0, 0.05) is 19.2 Å². The van der Waals surface area contributed by atoms with Crippen LogP contribution in [0.1, 0.15) is 36.4 Å². The normalized spacial score (nSPS) is 14.4. The molecule has 0 aliphatic heterocycles. The van der Waals surface area contributed by atoms with Crippen LogP contribution in [0.3, 0.4) is 0 Å². The molecule has 1 unspecified atom stereocenters. The Morgan fingerprint density at radius 3 is 2.42 bits per heavy atom. The van der Waals surface area contributed by atoms with Crippen molar-refractivity contribution in [3.8, 4) is 0 Å². The fraction of sp³-hybridized carbons (Fsp3) is 0.438. The van der Waals surface area contributed by atoms with Crippen LogP contribution < -0.4 is 0 Å². The third-order valence-corrected chi connectivity index (χ3v) is 3.59. The van der Waals surface area contributed by atoms with Gasteiger partial charge >= 0.3 is 0 Å². The average Bonchev–Trinajstić information content (AvgIpc) is 2.70. The van der Waals surface area contributed by atoms with Crippen LogP contribution in [0.5, 0.6) is 0 Å². The van der Waals surface area contributed by atoms with Gasteiger partial charge < -0.3 is 5.11 Å². The highest BCUT2D eigenvalue weighted by atomic mass is 16.3. The topological polar surface area (TPSA) is 38.0 Å². The van der Waals surface area contributed by atoms with E-state index in [0.717, 1.165) is 23.4 Å². The lowest BCUT2D eigenvalue weighted by molar-refractivity contribution is 0.0556. The SMILES string of the molecule is CCc1cc(CC(C)(O)c2ccc(C)cc2)n(C)n1. The minimum absolute atomic E-state index is 0.569. The molecule has 0 spiro atoms. The van der Waals surface area contributed by atoms with E-state index in [1.807, 2.05) is 49.8 Å². The molecule has 1 N–H and O–H groups in total. The minimum Gasteiger partial charge on any atom is -0.385 e. The van der Waals surface area contributed by atoms with E-state index >= 15 is 0 Å². The highest BCUT2D eigenvalue weighted by Crippen LogP contribution is 2.25. The maximum atomic E-state index is 10.7. The zero-order valence-electron chi connectivity index (χ0n) is 12.1. The summed E-state index contributed by atoms with van der Waals surface area (Å²) in [6, 6.07) is 10.1. The molecule has 0 radical (unpaired) electrons. The van der Waals surface area contributed by atoms with Gasteiger partial charge in [0.25, 0.3) is 0 Å². The summed E-state index contributed by atoms with van der Waals surface area (Å²) in [6.45, 7) is 5.99. The summed E-state index contributed by atoms with van der Waals surface area (Å²) in [7, 11) is 1.93. The molecule has 1 aromatic carbocycles. The number of hydrogen-bond donors (Lipinski definition) is 1. The van der Waals surface area contributed by atoms with Crippen molar-refractivity contribution in [1.29, 1.82) is 0 Å². The van der Waals surface area contributed by atoms with Gasteiger partial charge in [-0.3, -0.25) is 4.68 Å². The maximum absolute atomic E-state index is 10.7. The van der Waals surface area contributed by atoms with Gasteiger partial charge in [0.2, 0.25) is 0 Å². The van der Waals surface area contributed by atoms with Crippen molar-refractivity contribution in [3.63, 3.8) is 0 Å². The van der Waals surface area contributed by atoms with Gasteiger partial charge in [0.15, 0.2) is 0 Å². The Morgan fingerprint density at radius 2 is 1.89 bits per heavy atom. The van der Waals surface area contributed by atoms with Crippen molar-refractivity contribution in [2.24, 2.45) is 7.05 Å². The number of rotatable bonds is 4. The van der Waals surface area contributed by atoms with Crippen LogP contribution in [0.15, 0.2) is 30.3 Å². The van der Waals surface area contributed by atoms with Gasteiger partial charge in [0.05, 0.1) is 11.3 Å². The maximum Gasteiger partial charge on any atom is 0.0923 e. The molecule has 3 nitrogen and oxygen atoms in total. The molecule has 0 fully saturated rings. The van der Waals surface area contributed by atoms with Crippen LogP contribution in [-0.4, -0.2) is 14.9 Å². The van der Waals surface area contributed by atoms with E-state index in [1.54, 1.807) is 0 Å². The van der Waals surface area contributed by atoms with E-state index in [9.17, 15) is 5.11 Å². The Labute approximate surface area is 114 Å². The Kier molecular flexibility index (Phi) is 3.76. The zero-order valence-corrected chi connectivity index (χ0v) is 12.1. The van der Waals surface area contributed by atoms with Crippen LogP contribution in [0.2, 0.25) is 0 Å². The highest BCUT2D eigenvalue weighted by molar-refractivity contribution is 5.27. The molecule has 1 atom stereocenters. The molecule has 102 valence electrons. The third kappa shape index (κ3) is 3.04. The molecule has 0 bridgehead atoms. The fourth-order valence-electron chi connectivity index (χ4n) is 2.28. The highest BCUT2D eigenvalue weighted by Gasteiger charge is 2.25. The Bertz CT molecular complexity index is 553. The monoisotopic (exact) mass is 258 g/mol. The Morgan fingerprint density at radius 1 is 1.26 bits per heavy atom. The van der Waals surface area contributed by atoms with Gasteiger partial charge in [-0.25, -0.2) is 0 Å². The molecule has 2 rings (SSSR count). The number of hydrogen-bond acceptors (Lipinski definition) is 2. The van der Waals surface area contributed by atoms with Crippen LogP contribution >= 0.6 is 0 Å². The zero-order chi connectivity index (χ0) is 14.0. The van der Waals surface area contributed by atoms with Crippen molar-refractivity contribution in [2.45, 2.75) is 39.2 Å². The van der Waals surface area contributed by atoms with E-state index < -0.39 is 5.60 Å². The molecule has 2 aromatic rings. The van der Waals surface area contributed by atoms with Crippen LogP contribution in [0.25, 0.3) is 0 Å². The first-order valence-electron chi connectivity index (χ1n) is 6.73. The van der Waals surface area contributed by atoms with E-state index in [0.29, 0.717) is 6.42 Å². The molecule has 0 amide bonds. The molecule has 0 aliphatic carbocycles. The fourth-order valence-corrected chi connectivity index (χ4v) is 2.28. The van der Waals surface area contributed by atoms with Gasteiger partial charge in [-0.15, -0.1) is 0 Å². The molecule has 1 aromatic heterocycles. The molecule has 0 saturated carbocycles. The number of benzene rings is 1. The summed E-state index contributed by atoms with van der Waals surface area (Å²) < 4.78 is 1.86. The second-order valence-electron chi connectivity index (χ2n) is 5.42. The molecule has 3 heteroatoms. The number of aryl methyl sites for hydroxylation is 3. The molecule has 1 heterocycles. The standard InChI is InChI=1S/C16H22N2O/c1-5-14-10-15(18(4)17-14)11-16(3,19)13-8-6-12(2)7-9-13/h6-10,19H,5,11H2,1-4H3. The number of aliphatic hydroxyl groups is 1. The van der Waals surface area contributed by atoms with Gasteiger partial charge in [-0.1, -0.05) is 36.8 Å². The van der Waals surface area contributed by atoms with E-state index in [4.69, 9.17) is 0 Å². The Balaban J connectivity index is 2.24. The summed E-state index contributed by atoms with van der Waals surface area (Å²) >= 11 is 0.